The lowest BCUT2D eigenvalue weighted by Crippen LogP contribution is -2.47. The van der Waals surface area contributed by atoms with Crippen molar-refractivity contribution in [1.82, 2.24) is 10.2 Å². The van der Waals surface area contributed by atoms with Crippen molar-refractivity contribution in [1.29, 1.82) is 0 Å². The molecule has 108 valence electrons. The second-order valence-corrected chi connectivity index (χ2v) is 7.00. The van der Waals surface area contributed by atoms with E-state index in [4.69, 9.17) is 5.11 Å². The van der Waals surface area contributed by atoms with E-state index in [0.717, 1.165) is 38.1 Å². The van der Waals surface area contributed by atoms with Gasteiger partial charge in [0.2, 0.25) is 0 Å². The number of carbonyl (C=O) groups excluding carboxylic acids is 1. The maximum absolute atomic E-state index is 12.0. The molecule has 0 spiro atoms. The molecule has 0 aromatic rings. The van der Waals surface area contributed by atoms with Crippen molar-refractivity contribution in [2.24, 2.45) is 11.8 Å². The zero-order chi connectivity index (χ0) is 13.8. The Balaban J connectivity index is 1.78. The van der Waals surface area contributed by atoms with Crippen molar-refractivity contribution in [3.8, 4) is 0 Å². The highest BCUT2D eigenvalue weighted by Gasteiger charge is 2.33. The van der Waals surface area contributed by atoms with E-state index in [1.165, 1.54) is 0 Å². The second-order valence-electron chi connectivity index (χ2n) is 5.45. The minimum atomic E-state index is -0.722. The van der Waals surface area contributed by atoms with Gasteiger partial charge in [0.25, 0.3) is 0 Å². The third kappa shape index (κ3) is 3.78. The Hall–Kier alpha value is -0.910. The van der Waals surface area contributed by atoms with Crippen molar-refractivity contribution in [2.45, 2.75) is 31.4 Å². The Labute approximate surface area is 118 Å². The van der Waals surface area contributed by atoms with Crippen LogP contribution in [0.25, 0.3) is 0 Å². The highest BCUT2D eigenvalue weighted by Crippen LogP contribution is 2.31. The molecular weight excluding hydrogens is 264 g/mol. The van der Waals surface area contributed by atoms with Gasteiger partial charge in [-0.25, -0.2) is 4.79 Å². The van der Waals surface area contributed by atoms with Crippen LogP contribution in [0.5, 0.6) is 0 Å². The van der Waals surface area contributed by atoms with E-state index in [1.807, 2.05) is 16.7 Å². The van der Waals surface area contributed by atoms with Gasteiger partial charge in [0.15, 0.2) is 0 Å². The van der Waals surface area contributed by atoms with E-state index < -0.39 is 5.97 Å². The number of carboxylic acids is 1. The number of hydrogen-bond acceptors (Lipinski definition) is 3. The molecule has 2 N–H and O–H groups in total. The molecule has 5 nitrogen and oxygen atoms in total. The summed E-state index contributed by atoms with van der Waals surface area (Å²) in [4.78, 5) is 24.9. The van der Waals surface area contributed by atoms with Crippen LogP contribution >= 0.6 is 11.8 Å². The van der Waals surface area contributed by atoms with Crippen molar-refractivity contribution >= 4 is 23.8 Å². The predicted molar refractivity (Wildman–Crippen MR) is 75.4 cm³/mol. The predicted octanol–water partition coefficient (Wildman–Crippen LogP) is 1.63. The van der Waals surface area contributed by atoms with Gasteiger partial charge in [-0.05, 0) is 18.8 Å². The number of hydrogen-bond donors (Lipinski definition) is 2. The number of amides is 2. The first-order chi connectivity index (χ1) is 9.08. The van der Waals surface area contributed by atoms with Crippen molar-refractivity contribution in [3.05, 3.63) is 0 Å². The summed E-state index contributed by atoms with van der Waals surface area (Å²) in [7, 11) is 0. The molecule has 3 unspecified atom stereocenters. The third-order valence-electron chi connectivity index (χ3n) is 4.02. The Morgan fingerprint density at radius 1 is 1.42 bits per heavy atom. The molecule has 6 heteroatoms. The first-order valence-corrected chi connectivity index (χ1v) is 8.00. The summed E-state index contributed by atoms with van der Waals surface area (Å²) in [6.07, 6.45) is 2.60. The largest absolute Gasteiger partial charge is 0.481 e. The molecule has 19 heavy (non-hydrogen) atoms. The molecule has 1 saturated carbocycles. The summed E-state index contributed by atoms with van der Waals surface area (Å²) in [5.41, 5.74) is 0. The number of carbonyl (C=O) groups is 2. The Kier molecular flexibility index (Phi) is 4.96. The van der Waals surface area contributed by atoms with Gasteiger partial charge >= 0.3 is 12.0 Å². The Morgan fingerprint density at radius 3 is 2.89 bits per heavy atom. The van der Waals surface area contributed by atoms with Gasteiger partial charge in [0.05, 0.1) is 5.92 Å². The van der Waals surface area contributed by atoms with Gasteiger partial charge in [0, 0.05) is 30.6 Å². The first-order valence-electron chi connectivity index (χ1n) is 6.95. The maximum atomic E-state index is 12.0. The SMILES string of the molecule is CC1CN(C(=O)NCC2CCCC2C(=O)O)CCS1. The molecule has 2 rings (SSSR count). The van der Waals surface area contributed by atoms with E-state index >= 15 is 0 Å². The number of aliphatic carboxylic acids is 1. The highest BCUT2D eigenvalue weighted by molar-refractivity contribution is 7.99. The fraction of sp³-hybridized carbons (Fsp3) is 0.846. The number of carboxylic acid groups (broad SMARTS) is 1. The third-order valence-corrected chi connectivity index (χ3v) is 5.16. The van der Waals surface area contributed by atoms with Crippen LogP contribution in [-0.2, 0) is 4.79 Å². The van der Waals surface area contributed by atoms with E-state index in [-0.39, 0.29) is 17.9 Å². The molecule has 0 bridgehead atoms. The lowest BCUT2D eigenvalue weighted by atomic mass is 9.96. The smallest absolute Gasteiger partial charge is 0.317 e. The van der Waals surface area contributed by atoms with Gasteiger partial charge in [-0.3, -0.25) is 4.79 Å². The first kappa shape index (κ1) is 14.5. The fourth-order valence-electron chi connectivity index (χ4n) is 2.94. The van der Waals surface area contributed by atoms with Crippen LogP contribution < -0.4 is 5.32 Å². The van der Waals surface area contributed by atoms with E-state index in [2.05, 4.69) is 12.2 Å². The summed E-state index contributed by atoms with van der Waals surface area (Å²) in [5.74, 6) is 0.0735. The molecule has 0 aromatic carbocycles. The van der Waals surface area contributed by atoms with E-state index in [0.29, 0.717) is 11.8 Å². The molecule has 1 aliphatic carbocycles. The minimum absolute atomic E-state index is 0.0387. The normalized spacial score (nSPS) is 31.2. The van der Waals surface area contributed by atoms with Gasteiger partial charge in [-0.15, -0.1) is 0 Å². The molecular formula is C13H22N2O3S. The van der Waals surface area contributed by atoms with Crippen LogP contribution in [0, 0.1) is 11.8 Å². The average Bonchev–Trinajstić information content (AvgIpc) is 2.84. The van der Waals surface area contributed by atoms with Crippen molar-refractivity contribution < 1.29 is 14.7 Å². The maximum Gasteiger partial charge on any atom is 0.317 e. The van der Waals surface area contributed by atoms with Crippen LogP contribution in [0.2, 0.25) is 0 Å². The Bertz CT molecular complexity index is 351. The number of rotatable bonds is 3. The van der Waals surface area contributed by atoms with Gasteiger partial charge < -0.3 is 15.3 Å². The molecule has 1 heterocycles. The minimum Gasteiger partial charge on any atom is -0.481 e. The molecule has 1 saturated heterocycles. The molecule has 2 aliphatic rings. The number of nitrogens with one attached hydrogen (secondary N) is 1. The topological polar surface area (TPSA) is 69.6 Å². The molecule has 2 amide bonds. The summed E-state index contributed by atoms with van der Waals surface area (Å²) in [6, 6.07) is -0.0387. The van der Waals surface area contributed by atoms with E-state index in [9.17, 15) is 9.59 Å². The van der Waals surface area contributed by atoms with Crippen LogP contribution in [0.3, 0.4) is 0 Å². The number of urea groups is 1. The van der Waals surface area contributed by atoms with Crippen LogP contribution in [-0.4, -0.2) is 52.6 Å². The monoisotopic (exact) mass is 286 g/mol. The Morgan fingerprint density at radius 2 is 2.21 bits per heavy atom. The lowest BCUT2D eigenvalue weighted by Gasteiger charge is -2.31. The molecule has 0 radical (unpaired) electrons. The highest BCUT2D eigenvalue weighted by atomic mass is 32.2. The second kappa shape index (κ2) is 6.50. The number of nitrogens with zero attached hydrogens (tertiary/aromatic N) is 1. The lowest BCUT2D eigenvalue weighted by molar-refractivity contribution is -0.142. The molecule has 0 aromatic heterocycles. The summed E-state index contributed by atoms with van der Waals surface area (Å²) in [6.45, 7) is 4.19. The summed E-state index contributed by atoms with van der Waals surface area (Å²) < 4.78 is 0. The van der Waals surface area contributed by atoms with Gasteiger partial charge in [-0.2, -0.15) is 11.8 Å². The molecule has 3 atom stereocenters. The van der Waals surface area contributed by atoms with Crippen LogP contribution in [0.15, 0.2) is 0 Å². The quantitative estimate of drug-likeness (QED) is 0.827. The fourth-order valence-corrected chi connectivity index (χ4v) is 3.95. The van der Waals surface area contributed by atoms with Crippen molar-refractivity contribution in [2.75, 3.05) is 25.4 Å². The van der Waals surface area contributed by atoms with Gasteiger partial charge in [0.1, 0.15) is 0 Å². The number of thioether (sulfide) groups is 1. The zero-order valence-electron chi connectivity index (χ0n) is 11.3. The van der Waals surface area contributed by atoms with Crippen molar-refractivity contribution in [3.63, 3.8) is 0 Å². The van der Waals surface area contributed by atoms with Gasteiger partial charge in [-0.1, -0.05) is 13.3 Å². The van der Waals surface area contributed by atoms with E-state index in [1.54, 1.807) is 0 Å². The summed E-state index contributed by atoms with van der Waals surface area (Å²) in [5, 5.41) is 12.5. The standard InChI is InChI=1S/C13H22N2O3S/c1-9-8-15(5-6-19-9)13(18)14-7-10-3-2-4-11(10)12(16)17/h9-11H,2-8H2,1H3,(H,14,18)(H,16,17). The van der Waals surface area contributed by atoms with Crippen LogP contribution in [0.4, 0.5) is 4.79 Å². The van der Waals surface area contributed by atoms with Crippen LogP contribution in [0.1, 0.15) is 26.2 Å². The zero-order valence-corrected chi connectivity index (χ0v) is 12.1. The molecule has 2 fully saturated rings. The average molecular weight is 286 g/mol. The summed E-state index contributed by atoms with van der Waals surface area (Å²) >= 11 is 1.89. The molecule has 1 aliphatic heterocycles.